The van der Waals surface area contributed by atoms with Gasteiger partial charge in [-0.1, -0.05) is 0 Å². The number of halogens is 2. The molecule has 1 saturated heterocycles. The highest BCUT2D eigenvalue weighted by Gasteiger charge is 2.30. The first kappa shape index (κ1) is 22.7. The van der Waals surface area contributed by atoms with E-state index in [0.29, 0.717) is 12.3 Å². The molecule has 1 aliphatic rings. The number of rotatable bonds is 6. The largest absolute Gasteiger partial charge is 0.494 e. The molecule has 2 heterocycles. The van der Waals surface area contributed by atoms with Crippen molar-refractivity contribution >= 4 is 42.1 Å². The van der Waals surface area contributed by atoms with Crippen LogP contribution >= 0.6 is 36.2 Å². The van der Waals surface area contributed by atoms with Crippen molar-refractivity contribution < 1.29 is 9.53 Å². The number of carbonyl (C=O) groups is 1. The zero-order valence-corrected chi connectivity index (χ0v) is 17.4. The lowest BCUT2D eigenvalue weighted by Gasteiger charge is -2.23. The molecular formula is C18H25Cl2N3O2S. The van der Waals surface area contributed by atoms with Crippen LogP contribution in [0.25, 0.3) is 10.6 Å². The fourth-order valence-corrected chi connectivity index (χ4v) is 3.86. The maximum absolute atomic E-state index is 12.7. The number of thiazole rings is 1. The Morgan fingerprint density at radius 2 is 2.08 bits per heavy atom. The van der Waals surface area contributed by atoms with Gasteiger partial charge in [-0.3, -0.25) is 4.79 Å². The second kappa shape index (κ2) is 10.7. The van der Waals surface area contributed by atoms with Crippen LogP contribution in [0.2, 0.25) is 0 Å². The summed E-state index contributed by atoms with van der Waals surface area (Å²) in [6.45, 7) is 4.27. The molecule has 3 rings (SSSR count). The SMILES string of the molecule is CCOc1ccc(-c2nc(C(=O)N3CCCC3CNC)cs2)cc1.Cl.Cl. The fraction of sp³-hybridized carbons (Fsp3) is 0.444. The summed E-state index contributed by atoms with van der Waals surface area (Å²) >= 11 is 1.51. The lowest BCUT2D eigenvalue weighted by Crippen LogP contribution is -2.40. The van der Waals surface area contributed by atoms with Crippen molar-refractivity contribution in [1.82, 2.24) is 15.2 Å². The molecule has 1 fully saturated rings. The van der Waals surface area contributed by atoms with E-state index >= 15 is 0 Å². The molecule has 0 aliphatic carbocycles. The van der Waals surface area contributed by atoms with Gasteiger partial charge < -0.3 is 15.0 Å². The highest BCUT2D eigenvalue weighted by Crippen LogP contribution is 2.27. The van der Waals surface area contributed by atoms with Gasteiger partial charge in [0.15, 0.2) is 0 Å². The van der Waals surface area contributed by atoms with Crippen LogP contribution in [0.1, 0.15) is 30.3 Å². The standard InChI is InChI=1S/C18H23N3O2S.2ClH/c1-3-23-15-8-6-13(7-9-15)17-20-16(12-24-17)18(22)21-10-4-5-14(21)11-19-2;;/h6-9,12,14,19H,3-5,10-11H2,1-2H3;2*1H. The predicted octanol–water partition coefficient (Wildman–Crippen LogP) is 3.88. The number of benzene rings is 1. The Bertz CT molecular complexity index is 694. The molecule has 144 valence electrons. The van der Waals surface area contributed by atoms with Gasteiger partial charge in [-0.2, -0.15) is 0 Å². The number of likely N-dealkylation sites (N-methyl/N-ethyl adjacent to an activating group) is 1. The Morgan fingerprint density at radius 3 is 2.73 bits per heavy atom. The van der Waals surface area contributed by atoms with Gasteiger partial charge in [-0.15, -0.1) is 36.2 Å². The molecule has 0 saturated carbocycles. The van der Waals surface area contributed by atoms with Gasteiger partial charge in [-0.05, 0) is 51.1 Å². The molecule has 2 aromatic rings. The molecule has 1 amide bonds. The summed E-state index contributed by atoms with van der Waals surface area (Å²) in [4.78, 5) is 19.3. The molecule has 1 aromatic heterocycles. The number of hydrogen-bond acceptors (Lipinski definition) is 5. The van der Waals surface area contributed by atoms with Crippen LogP contribution in [0.4, 0.5) is 0 Å². The van der Waals surface area contributed by atoms with Crippen LogP contribution in [0.15, 0.2) is 29.6 Å². The minimum atomic E-state index is 0. The summed E-state index contributed by atoms with van der Waals surface area (Å²) in [7, 11) is 1.92. The first-order valence-corrected chi connectivity index (χ1v) is 9.25. The first-order valence-electron chi connectivity index (χ1n) is 8.37. The van der Waals surface area contributed by atoms with Crippen molar-refractivity contribution in [2.45, 2.75) is 25.8 Å². The van der Waals surface area contributed by atoms with Crippen LogP contribution in [0.3, 0.4) is 0 Å². The van der Waals surface area contributed by atoms with Crippen LogP contribution in [0.5, 0.6) is 5.75 Å². The van der Waals surface area contributed by atoms with Crippen molar-refractivity contribution in [2.24, 2.45) is 0 Å². The zero-order valence-electron chi connectivity index (χ0n) is 14.9. The highest BCUT2D eigenvalue weighted by molar-refractivity contribution is 7.13. The number of nitrogens with one attached hydrogen (secondary N) is 1. The van der Waals surface area contributed by atoms with E-state index in [1.807, 2.05) is 48.5 Å². The third kappa shape index (κ3) is 5.10. The summed E-state index contributed by atoms with van der Waals surface area (Å²) in [6, 6.07) is 8.12. The lowest BCUT2D eigenvalue weighted by atomic mass is 10.2. The average molecular weight is 418 g/mol. The van der Waals surface area contributed by atoms with Crippen molar-refractivity contribution in [3.8, 4) is 16.3 Å². The van der Waals surface area contributed by atoms with Gasteiger partial charge in [0.1, 0.15) is 16.5 Å². The van der Waals surface area contributed by atoms with Crippen molar-refractivity contribution in [2.75, 3.05) is 26.7 Å². The molecule has 8 heteroatoms. The summed E-state index contributed by atoms with van der Waals surface area (Å²) in [6.07, 6.45) is 2.12. The number of hydrogen-bond donors (Lipinski definition) is 1. The predicted molar refractivity (Wildman–Crippen MR) is 111 cm³/mol. The van der Waals surface area contributed by atoms with Gasteiger partial charge in [0.25, 0.3) is 5.91 Å². The Labute approximate surface area is 171 Å². The molecule has 1 unspecified atom stereocenters. The molecule has 0 bridgehead atoms. The molecule has 26 heavy (non-hydrogen) atoms. The van der Waals surface area contributed by atoms with E-state index in [-0.39, 0.29) is 36.8 Å². The zero-order chi connectivity index (χ0) is 16.9. The second-order valence-corrected chi connectivity index (χ2v) is 6.71. The van der Waals surface area contributed by atoms with E-state index in [4.69, 9.17) is 4.74 Å². The number of aromatic nitrogens is 1. The van der Waals surface area contributed by atoms with E-state index in [9.17, 15) is 4.79 Å². The normalized spacial score (nSPS) is 15.9. The van der Waals surface area contributed by atoms with Crippen molar-refractivity contribution in [3.05, 3.63) is 35.3 Å². The number of nitrogens with zero attached hydrogens (tertiary/aromatic N) is 2. The summed E-state index contributed by atoms with van der Waals surface area (Å²) < 4.78 is 5.46. The van der Waals surface area contributed by atoms with Crippen LogP contribution in [0, 0.1) is 0 Å². The van der Waals surface area contributed by atoms with Gasteiger partial charge in [0, 0.05) is 30.1 Å². The Morgan fingerprint density at radius 1 is 1.35 bits per heavy atom. The fourth-order valence-electron chi connectivity index (χ4n) is 3.06. The van der Waals surface area contributed by atoms with Gasteiger partial charge in [0.2, 0.25) is 0 Å². The number of ether oxygens (including phenoxy) is 1. The molecule has 0 radical (unpaired) electrons. The Balaban J connectivity index is 0.00000169. The van der Waals surface area contributed by atoms with Crippen LogP contribution in [-0.4, -0.2) is 48.6 Å². The van der Waals surface area contributed by atoms with E-state index in [1.54, 1.807) is 0 Å². The Hall–Kier alpha value is -1.34. The molecular weight excluding hydrogens is 393 g/mol. The van der Waals surface area contributed by atoms with E-state index in [1.165, 1.54) is 11.3 Å². The van der Waals surface area contributed by atoms with E-state index in [0.717, 1.165) is 42.3 Å². The third-order valence-corrected chi connectivity index (χ3v) is 5.10. The van der Waals surface area contributed by atoms with Crippen LogP contribution < -0.4 is 10.1 Å². The lowest BCUT2D eigenvalue weighted by molar-refractivity contribution is 0.0732. The van der Waals surface area contributed by atoms with Gasteiger partial charge in [-0.25, -0.2) is 4.98 Å². The maximum Gasteiger partial charge on any atom is 0.273 e. The number of likely N-dealkylation sites (tertiary alicyclic amines) is 1. The minimum absolute atomic E-state index is 0. The third-order valence-electron chi connectivity index (χ3n) is 4.21. The molecule has 5 nitrogen and oxygen atoms in total. The molecule has 0 spiro atoms. The first-order chi connectivity index (χ1) is 11.7. The highest BCUT2D eigenvalue weighted by atomic mass is 35.5. The number of carbonyl (C=O) groups excluding carboxylic acids is 1. The van der Waals surface area contributed by atoms with E-state index < -0.39 is 0 Å². The topological polar surface area (TPSA) is 54.5 Å². The van der Waals surface area contributed by atoms with Crippen molar-refractivity contribution in [3.63, 3.8) is 0 Å². The molecule has 1 atom stereocenters. The van der Waals surface area contributed by atoms with Gasteiger partial charge >= 0.3 is 0 Å². The minimum Gasteiger partial charge on any atom is -0.494 e. The average Bonchev–Trinajstić information content (AvgIpc) is 3.25. The summed E-state index contributed by atoms with van der Waals surface area (Å²) in [5.74, 6) is 0.891. The smallest absolute Gasteiger partial charge is 0.273 e. The van der Waals surface area contributed by atoms with Crippen LogP contribution in [-0.2, 0) is 0 Å². The van der Waals surface area contributed by atoms with Gasteiger partial charge in [0.05, 0.1) is 6.61 Å². The maximum atomic E-state index is 12.7. The molecule has 1 aromatic carbocycles. The molecule has 1 aliphatic heterocycles. The molecule has 1 N–H and O–H groups in total. The number of amides is 1. The quantitative estimate of drug-likeness (QED) is 0.774. The van der Waals surface area contributed by atoms with Crippen molar-refractivity contribution in [1.29, 1.82) is 0 Å². The summed E-state index contributed by atoms with van der Waals surface area (Å²) in [5, 5.41) is 5.90. The monoisotopic (exact) mass is 417 g/mol. The van der Waals surface area contributed by atoms with E-state index in [2.05, 4.69) is 10.3 Å². The summed E-state index contributed by atoms with van der Waals surface area (Å²) in [5.41, 5.74) is 1.56. The Kier molecular flexibility index (Phi) is 9.36. The second-order valence-electron chi connectivity index (χ2n) is 5.85.